The number of rotatable bonds is 2. The quantitative estimate of drug-likeness (QED) is 0.744. The lowest BCUT2D eigenvalue weighted by atomic mass is 10.2. The lowest BCUT2D eigenvalue weighted by molar-refractivity contribution is 1.29. The van der Waals surface area contributed by atoms with Crippen LogP contribution in [0.4, 0.5) is 17.2 Å². The first-order valence-electron chi connectivity index (χ1n) is 5.66. The molecule has 0 bridgehead atoms. The summed E-state index contributed by atoms with van der Waals surface area (Å²) >= 11 is 1.71. The van der Waals surface area contributed by atoms with Crippen LogP contribution in [-0.4, -0.2) is 4.98 Å². The number of nitriles is 1. The number of benzene rings is 1. The largest absolute Gasteiger partial charge is 0.396 e. The van der Waals surface area contributed by atoms with E-state index in [1.165, 1.54) is 16.3 Å². The summed E-state index contributed by atoms with van der Waals surface area (Å²) < 4.78 is 1.24. The topological polar surface area (TPSA) is 74.7 Å². The molecule has 3 N–H and O–H groups in total. The van der Waals surface area contributed by atoms with E-state index in [0.717, 1.165) is 5.69 Å². The van der Waals surface area contributed by atoms with Gasteiger partial charge in [0.05, 0.1) is 11.3 Å². The molecule has 0 radical (unpaired) electrons. The number of anilines is 3. The molecule has 0 amide bonds. The number of nitrogens with zero attached hydrogens (tertiary/aromatic N) is 2. The first kappa shape index (κ1) is 11.5. The Bertz CT molecular complexity index is 785. The maximum atomic E-state index is 8.77. The standard InChI is InChI=1S/C14H10N4S/c15-7-9-5-12(16)14(17-8-9)18-11-1-2-13-10(6-11)3-4-19-13/h1-6,8H,16H2,(H,17,18). The van der Waals surface area contributed by atoms with Gasteiger partial charge in [-0.15, -0.1) is 11.3 Å². The molecule has 0 saturated heterocycles. The molecule has 0 aliphatic rings. The molecule has 3 rings (SSSR count). The summed E-state index contributed by atoms with van der Waals surface area (Å²) in [6.45, 7) is 0. The number of hydrogen-bond donors (Lipinski definition) is 2. The number of fused-ring (bicyclic) bond motifs is 1. The summed E-state index contributed by atoms with van der Waals surface area (Å²) in [5.74, 6) is 0.563. The molecule has 2 aromatic heterocycles. The number of aromatic nitrogens is 1. The Morgan fingerprint density at radius 2 is 2.16 bits per heavy atom. The van der Waals surface area contributed by atoms with Gasteiger partial charge in [0.2, 0.25) is 0 Å². The predicted octanol–water partition coefficient (Wildman–Crippen LogP) is 3.49. The molecule has 0 aliphatic heterocycles. The molecule has 19 heavy (non-hydrogen) atoms. The van der Waals surface area contributed by atoms with Crippen LogP contribution in [-0.2, 0) is 0 Å². The third-order valence-corrected chi connectivity index (χ3v) is 3.66. The smallest absolute Gasteiger partial charge is 0.153 e. The zero-order chi connectivity index (χ0) is 13.2. The first-order valence-corrected chi connectivity index (χ1v) is 6.54. The number of nitrogens with one attached hydrogen (secondary N) is 1. The number of thiophene rings is 1. The Morgan fingerprint density at radius 1 is 1.26 bits per heavy atom. The molecule has 2 heterocycles. The Labute approximate surface area is 114 Å². The maximum absolute atomic E-state index is 8.77. The highest BCUT2D eigenvalue weighted by Crippen LogP contribution is 2.27. The zero-order valence-electron chi connectivity index (χ0n) is 9.92. The fraction of sp³-hybridized carbons (Fsp3) is 0. The molecule has 0 atom stereocenters. The van der Waals surface area contributed by atoms with Gasteiger partial charge in [0.1, 0.15) is 6.07 Å². The molecule has 0 saturated carbocycles. The average molecular weight is 266 g/mol. The fourth-order valence-electron chi connectivity index (χ4n) is 1.83. The summed E-state index contributed by atoms with van der Waals surface area (Å²) in [5.41, 5.74) is 7.71. The van der Waals surface area contributed by atoms with Gasteiger partial charge < -0.3 is 11.1 Å². The van der Waals surface area contributed by atoms with Crippen molar-refractivity contribution in [2.75, 3.05) is 11.1 Å². The van der Waals surface area contributed by atoms with Gasteiger partial charge in [-0.3, -0.25) is 0 Å². The van der Waals surface area contributed by atoms with Crippen LogP contribution < -0.4 is 11.1 Å². The van der Waals surface area contributed by atoms with Crippen molar-refractivity contribution in [1.29, 1.82) is 5.26 Å². The maximum Gasteiger partial charge on any atom is 0.153 e. The molecule has 4 nitrogen and oxygen atoms in total. The van der Waals surface area contributed by atoms with E-state index in [1.807, 2.05) is 18.2 Å². The second-order valence-corrected chi connectivity index (χ2v) is 5.02. The van der Waals surface area contributed by atoms with E-state index < -0.39 is 0 Å². The number of nitrogen functional groups attached to an aromatic ring is 1. The third-order valence-electron chi connectivity index (χ3n) is 2.76. The van der Waals surface area contributed by atoms with E-state index in [9.17, 15) is 0 Å². The lowest BCUT2D eigenvalue weighted by Crippen LogP contribution is -1.99. The highest BCUT2D eigenvalue weighted by atomic mass is 32.1. The minimum absolute atomic E-state index is 0.455. The van der Waals surface area contributed by atoms with Crippen molar-refractivity contribution in [3.63, 3.8) is 0 Å². The second-order valence-electron chi connectivity index (χ2n) is 4.07. The van der Waals surface area contributed by atoms with Crippen molar-refractivity contribution >= 4 is 38.6 Å². The van der Waals surface area contributed by atoms with Crippen LogP contribution in [0.1, 0.15) is 5.56 Å². The Balaban J connectivity index is 1.94. The zero-order valence-corrected chi connectivity index (χ0v) is 10.7. The van der Waals surface area contributed by atoms with Crippen molar-refractivity contribution in [3.05, 3.63) is 47.5 Å². The van der Waals surface area contributed by atoms with Crippen LogP contribution in [0.15, 0.2) is 41.9 Å². The molecule has 0 unspecified atom stereocenters. The van der Waals surface area contributed by atoms with Crippen LogP contribution in [0.25, 0.3) is 10.1 Å². The highest BCUT2D eigenvalue weighted by molar-refractivity contribution is 7.17. The van der Waals surface area contributed by atoms with Crippen LogP contribution in [0.5, 0.6) is 0 Å². The second kappa shape index (κ2) is 4.59. The molecule has 1 aromatic carbocycles. The van der Waals surface area contributed by atoms with Gasteiger partial charge in [0.15, 0.2) is 5.82 Å². The molecule has 0 aliphatic carbocycles. The lowest BCUT2D eigenvalue weighted by Gasteiger charge is -2.08. The van der Waals surface area contributed by atoms with E-state index in [4.69, 9.17) is 11.0 Å². The SMILES string of the molecule is N#Cc1cnc(Nc2ccc3sccc3c2)c(N)c1. The van der Waals surface area contributed by atoms with E-state index in [0.29, 0.717) is 17.1 Å². The minimum atomic E-state index is 0.455. The van der Waals surface area contributed by atoms with Crippen molar-refractivity contribution in [1.82, 2.24) is 4.98 Å². The van der Waals surface area contributed by atoms with Crippen molar-refractivity contribution in [3.8, 4) is 6.07 Å². The fourth-order valence-corrected chi connectivity index (χ4v) is 2.60. The van der Waals surface area contributed by atoms with Gasteiger partial charge in [0.25, 0.3) is 0 Å². The number of hydrogen-bond acceptors (Lipinski definition) is 5. The van der Waals surface area contributed by atoms with Crippen molar-refractivity contribution < 1.29 is 0 Å². The van der Waals surface area contributed by atoms with Gasteiger partial charge in [0, 0.05) is 16.6 Å². The van der Waals surface area contributed by atoms with Crippen LogP contribution >= 0.6 is 11.3 Å². The first-order chi connectivity index (χ1) is 9.26. The molecule has 5 heteroatoms. The molecule has 3 aromatic rings. The van der Waals surface area contributed by atoms with Crippen LogP contribution in [0.2, 0.25) is 0 Å². The van der Waals surface area contributed by atoms with Gasteiger partial charge in [-0.1, -0.05) is 0 Å². The average Bonchev–Trinajstić information content (AvgIpc) is 2.88. The Hall–Kier alpha value is -2.58. The van der Waals surface area contributed by atoms with Gasteiger partial charge in [-0.2, -0.15) is 5.26 Å². The van der Waals surface area contributed by atoms with E-state index in [-0.39, 0.29) is 0 Å². The number of nitrogens with two attached hydrogens (primary N) is 1. The Kier molecular flexibility index (Phi) is 2.78. The number of pyridine rings is 1. The summed E-state index contributed by atoms with van der Waals surface area (Å²) in [7, 11) is 0. The summed E-state index contributed by atoms with van der Waals surface area (Å²) in [5, 5.41) is 15.2. The van der Waals surface area contributed by atoms with Crippen LogP contribution in [0.3, 0.4) is 0 Å². The minimum Gasteiger partial charge on any atom is -0.396 e. The van der Waals surface area contributed by atoms with Crippen molar-refractivity contribution in [2.24, 2.45) is 0 Å². The summed E-state index contributed by atoms with van der Waals surface area (Å²) in [4.78, 5) is 4.16. The third kappa shape index (κ3) is 2.21. The molecular weight excluding hydrogens is 256 g/mol. The summed E-state index contributed by atoms with van der Waals surface area (Å²) in [6, 6.07) is 11.8. The molecular formula is C14H10N4S. The van der Waals surface area contributed by atoms with Gasteiger partial charge >= 0.3 is 0 Å². The monoisotopic (exact) mass is 266 g/mol. The summed E-state index contributed by atoms with van der Waals surface area (Å²) in [6.07, 6.45) is 1.50. The van der Waals surface area contributed by atoms with Gasteiger partial charge in [-0.05, 0) is 41.1 Å². The molecule has 0 spiro atoms. The van der Waals surface area contributed by atoms with E-state index in [1.54, 1.807) is 17.4 Å². The van der Waals surface area contributed by atoms with Crippen LogP contribution in [0, 0.1) is 11.3 Å². The normalized spacial score (nSPS) is 10.3. The Morgan fingerprint density at radius 3 is 2.95 bits per heavy atom. The van der Waals surface area contributed by atoms with Gasteiger partial charge in [-0.25, -0.2) is 4.98 Å². The van der Waals surface area contributed by atoms with E-state index in [2.05, 4.69) is 27.8 Å². The molecule has 92 valence electrons. The highest BCUT2D eigenvalue weighted by Gasteiger charge is 2.04. The molecule has 0 fully saturated rings. The predicted molar refractivity (Wildman–Crippen MR) is 78.5 cm³/mol. The van der Waals surface area contributed by atoms with E-state index >= 15 is 0 Å². The van der Waals surface area contributed by atoms with Crippen molar-refractivity contribution in [2.45, 2.75) is 0 Å².